The Hall–Kier alpha value is -1.99. The minimum Gasteiger partial charge on any atom is -0.382 e. The maximum absolute atomic E-state index is 14.1. The van der Waals surface area contributed by atoms with Gasteiger partial charge in [0.1, 0.15) is 25.9 Å². The zero-order chi connectivity index (χ0) is 20.3. The molecule has 0 atom stereocenters. The van der Waals surface area contributed by atoms with Gasteiger partial charge in [-0.15, -0.1) is 0 Å². The second-order valence-corrected chi connectivity index (χ2v) is 10.6. The van der Waals surface area contributed by atoms with Crippen molar-refractivity contribution in [1.82, 2.24) is 9.97 Å². The molecule has 2 aromatic heterocycles. The van der Waals surface area contributed by atoms with Crippen LogP contribution in [0.2, 0.25) is 0 Å². The number of nitriles is 1. The van der Waals surface area contributed by atoms with Gasteiger partial charge in [0.15, 0.2) is 10.9 Å². The first-order valence-electron chi connectivity index (χ1n) is 9.30. The number of anilines is 2. The molecule has 2 N–H and O–H groups in total. The first-order valence-corrected chi connectivity index (χ1v) is 12.2. The predicted octanol–water partition coefficient (Wildman–Crippen LogP) is 3.13. The number of pyridine rings is 1. The summed E-state index contributed by atoms with van der Waals surface area (Å²) in [6.45, 7) is 0.518. The maximum atomic E-state index is 14.1. The fourth-order valence-corrected chi connectivity index (χ4v) is 5.58. The van der Waals surface area contributed by atoms with Gasteiger partial charge in [0.05, 0.1) is 24.4 Å². The van der Waals surface area contributed by atoms with Gasteiger partial charge in [0.2, 0.25) is 0 Å². The number of nitrogens with zero attached hydrogens (tertiary/aromatic N) is 4. The minimum absolute atomic E-state index is 0.195. The van der Waals surface area contributed by atoms with Crippen LogP contribution in [-0.2, 0) is 9.84 Å². The molecule has 2 heterocycles. The Morgan fingerprint density at radius 1 is 1.39 bits per heavy atom. The average molecular weight is 426 g/mol. The lowest BCUT2D eigenvalue weighted by Crippen LogP contribution is -2.39. The van der Waals surface area contributed by atoms with Crippen molar-refractivity contribution in [2.75, 3.05) is 29.2 Å². The highest BCUT2D eigenvalue weighted by Crippen LogP contribution is 2.37. The van der Waals surface area contributed by atoms with Crippen molar-refractivity contribution < 1.29 is 12.8 Å². The first kappa shape index (κ1) is 20.7. The number of thiazole rings is 1. The number of nitrogen functional groups attached to an aromatic ring is 1. The van der Waals surface area contributed by atoms with Crippen LogP contribution in [0.4, 0.5) is 15.3 Å². The van der Waals surface area contributed by atoms with Crippen molar-refractivity contribution in [2.24, 2.45) is 5.92 Å². The summed E-state index contributed by atoms with van der Waals surface area (Å²) in [5.41, 5.74) is 6.10. The first-order chi connectivity index (χ1) is 13.3. The summed E-state index contributed by atoms with van der Waals surface area (Å²) < 4.78 is 37.4. The number of nitrogens with two attached hydrogens (primary N) is 1. The molecule has 0 bridgehead atoms. The van der Waals surface area contributed by atoms with E-state index in [2.05, 4.69) is 20.9 Å². The van der Waals surface area contributed by atoms with Crippen molar-refractivity contribution in [2.45, 2.75) is 44.6 Å². The Bertz CT molecular complexity index is 939. The van der Waals surface area contributed by atoms with Crippen LogP contribution < -0.4 is 10.6 Å². The third-order valence-electron chi connectivity index (χ3n) is 5.26. The molecule has 1 aliphatic carbocycles. The Morgan fingerprint density at radius 2 is 2.11 bits per heavy atom. The molecule has 7 nitrogen and oxygen atoms in total. The van der Waals surface area contributed by atoms with E-state index >= 15 is 0 Å². The summed E-state index contributed by atoms with van der Waals surface area (Å²) >= 11 is 1.30. The summed E-state index contributed by atoms with van der Waals surface area (Å²) in [5.74, 6) is 0.377. The fraction of sp³-hybridized carbons (Fsp3) is 0.611. The molecular weight excluding hydrogens is 401 g/mol. The number of hydrogen-bond donors (Lipinski definition) is 1. The van der Waals surface area contributed by atoms with Gasteiger partial charge in [-0.3, -0.25) is 0 Å². The van der Waals surface area contributed by atoms with Crippen LogP contribution >= 0.6 is 11.3 Å². The molecule has 152 valence electrons. The van der Waals surface area contributed by atoms with Crippen LogP contribution in [0.15, 0.2) is 6.20 Å². The van der Waals surface area contributed by atoms with E-state index in [1.165, 1.54) is 17.6 Å². The summed E-state index contributed by atoms with van der Waals surface area (Å²) in [4.78, 5) is 10.4. The number of rotatable bonds is 7. The van der Waals surface area contributed by atoms with Crippen LogP contribution in [0.1, 0.15) is 38.5 Å². The third kappa shape index (κ3) is 4.89. The van der Waals surface area contributed by atoms with E-state index in [9.17, 15) is 12.8 Å². The highest BCUT2D eigenvalue weighted by atomic mass is 32.2. The van der Waals surface area contributed by atoms with Crippen LogP contribution in [0, 0.1) is 23.1 Å². The highest BCUT2D eigenvalue weighted by Gasteiger charge is 2.28. The average Bonchev–Trinajstić information content (AvgIpc) is 3.10. The van der Waals surface area contributed by atoms with E-state index in [0.29, 0.717) is 35.1 Å². The summed E-state index contributed by atoms with van der Waals surface area (Å²) in [6, 6.07) is 2.36. The smallest absolute Gasteiger partial charge is 0.186 e. The fourth-order valence-electron chi connectivity index (χ4n) is 3.74. The number of aromatic nitrogens is 2. The van der Waals surface area contributed by atoms with Gasteiger partial charge in [-0.1, -0.05) is 11.3 Å². The molecule has 2 aromatic rings. The van der Waals surface area contributed by atoms with Crippen molar-refractivity contribution >= 4 is 42.3 Å². The zero-order valence-electron chi connectivity index (χ0n) is 15.8. The summed E-state index contributed by atoms with van der Waals surface area (Å²) in [6.07, 6.45) is 7.05. The molecule has 1 fully saturated rings. The molecule has 0 unspecified atom stereocenters. The van der Waals surface area contributed by atoms with Gasteiger partial charge in [-0.05, 0) is 38.0 Å². The minimum atomic E-state index is -2.94. The molecule has 0 saturated heterocycles. The van der Waals surface area contributed by atoms with Gasteiger partial charge in [-0.25, -0.2) is 22.8 Å². The van der Waals surface area contributed by atoms with E-state index in [0.717, 1.165) is 31.9 Å². The molecule has 0 amide bonds. The summed E-state index contributed by atoms with van der Waals surface area (Å²) in [7, 11) is -2.94. The van der Waals surface area contributed by atoms with Crippen LogP contribution in [0.25, 0.3) is 10.2 Å². The quantitative estimate of drug-likeness (QED) is 0.725. The second kappa shape index (κ2) is 8.57. The lowest BCUT2D eigenvalue weighted by atomic mass is 9.84. The number of hydrogen-bond acceptors (Lipinski definition) is 8. The Kier molecular flexibility index (Phi) is 6.35. The predicted molar refractivity (Wildman–Crippen MR) is 109 cm³/mol. The highest BCUT2D eigenvalue weighted by molar-refractivity contribution is 7.90. The Morgan fingerprint density at radius 3 is 2.71 bits per heavy atom. The van der Waals surface area contributed by atoms with Crippen molar-refractivity contribution in [3.8, 4) is 6.07 Å². The second-order valence-electron chi connectivity index (χ2n) is 7.36. The van der Waals surface area contributed by atoms with E-state index in [4.69, 9.17) is 11.0 Å². The maximum Gasteiger partial charge on any atom is 0.186 e. The lowest BCUT2D eigenvalue weighted by molar-refractivity contribution is 0.309. The van der Waals surface area contributed by atoms with Gasteiger partial charge in [-0.2, -0.15) is 5.26 Å². The van der Waals surface area contributed by atoms with E-state index < -0.39 is 15.7 Å². The molecule has 0 aromatic carbocycles. The van der Waals surface area contributed by atoms with Crippen LogP contribution in [-0.4, -0.2) is 43.0 Å². The molecule has 3 rings (SSSR count). The SMILES string of the molecule is CS(=O)(=O)CCC1CCC(N(CCC#N)c2nc3c(F)cnc(N)c3s2)CC1. The van der Waals surface area contributed by atoms with Crippen molar-refractivity contribution in [3.05, 3.63) is 12.0 Å². The van der Waals surface area contributed by atoms with Crippen LogP contribution in [0.3, 0.4) is 0 Å². The molecule has 1 aliphatic rings. The molecule has 0 spiro atoms. The van der Waals surface area contributed by atoms with E-state index in [1.807, 2.05) is 0 Å². The normalized spacial score (nSPS) is 20.2. The molecule has 10 heteroatoms. The van der Waals surface area contributed by atoms with Gasteiger partial charge in [0.25, 0.3) is 0 Å². The number of sulfone groups is 1. The third-order valence-corrected chi connectivity index (χ3v) is 7.35. The Labute approximate surface area is 168 Å². The molecule has 28 heavy (non-hydrogen) atoms. The number of fused-ring (bicyclic) bond motifs is 1. The van der Waals surface area contributed by atoms with Gasteiger partial charge < -0.3 is 10.6 Å². The molecule has 0 aliphatic heterocycles. The summed E-state index contributed by atoms with van der Waals surface area (Å²) in [5, 5.41) is 9.69. The zero-order valence-corrected chi connectivity index (χ0v) is 17.4. The van der Waals surface area contributed by atoms with Crippen LogP contribution in [0.5, 0.6) is 0 Å². The standard InChI is InChI=1S/C18H24FN5O2S2/c1-28(25,26)10-7-12-3-5-13(6-4-12)24(9-2-8-20)18-23-15-14(19)11-22-17(21)16(15)27-18/h11-13H,2-7,9-10H2,1H3,(H2,21,22). The van der Waals surface area contributed by atoms with Gasteiger partial charge >= 0.3 is 0 Å². The topological polar surface area (TPSA) is 113 Å². The Balaban J connectivity index is 1.76. The van der Waals surface area contributed by atoms with E-state index in [-0.39, 0.29) is 23.1 Å². The monoisotopic (exact) mass is 425 g/mol. The van der Waals surface area contributed by atoms with Gasteiger partial charge in [0, 0.05) is 18.8 Å². The largest absolute Gasteiger partial charge is 0.382 e. The van der Waals surface area contributed by atoms with E-state index in [1.54, 1.807) is 0 Å². The molecule has 1 saturated carbocycles. The molecular formula is C18H24FN5O2S2. The van der Waals surface area contributed by atoms with Crippen molar-refractivity contribution in [1.29, 1.82) is 5.26 Å². The lowest BCUT2D eigenvalue weighted by Gasteiger charge is -2.36. The van der Waals surface area contributed by atoms with Crippen molar-refractivity contribution in [3.63, 3.8) is 0 Å². The molecule has 0 radical (unpaired) electrons. The number of halogens is 1.